The molecule has 3 aromatic carbocycles. The average Bonchev–Trinajstić information content (AvgIpc) is 3.39. The normalized spacial score (nSPS) is 10.5. The molecule has 0 aliphatic carbocycles. The maximum atomic E-state index is 12.7. The van der Waals surface area contributed by atoms with E-state index in [0.717, 1.165) is 16.7 Å². The Balaban J connectivity index is 1.34. The molecule has 33 heavy (non-hydrogen) atoms. The molecule has 4 aromatic rings. The van der Waals surface area contributed by atoms with E-state index in [-0.39, 0.29) is 11.8 Å². The highest BCUT2D eigenvalue weighted by atomic mass is 32.1. The fourth-order valence-corrected chi connectivity index (χ4v) is 3.96. The summed E-state index contributed by atoms with van der Waals surface area (Å²) >= 11 is 1.37. The standard InChI is InChI=1S/C27H24N2O3S/c30-26(21-12-6-13-24(16-21)29-27(31)25-14-7-15-33-25)28-17-22-10-4-5-11-23(22)19-32-18-20-8-2-1-3-9-20/h1-16H,17-19H2,(H,28,30)(H,29,31). The quantitative estimate of drug-likeness (QED) is 0.342. The van der Waals surface area contributed by atoms with Crippen molar-refractivity contribution < 1.29 is 14.3 Å². The molecule has 0 aliphatic heterocycles. The molecule has 4 rings (SSSR count). The summed E-state index contributed by atoms with van der Waals surface area (Å²) in [5.41, 5.74) is 4.22. The maximum Gasteiger partial charge on any atom is 0.265 e. The lowest BCUT2D eigenvalue weighted by molar-refractivity contribution is 0.0946. The predicted octanol–water partition coefficient (Wildman–Crippen LogP) is 5.65. The molecule has 6 heteroatoms. The van der Waals surface area contributed by atoms with Crippen LogP contribution in [0.3, 0.4) is 0 Å². The monoisotopic (exact) mass is 456 g/mol. The van der Waals surface area contributed by atoms with Crippen molar-refractivity contribution in [1.82, 2.24) is 5.32 Å². The SMILES string of the molecule is O=C(NCc1ccccc1COCc1ccccc1)c1cccc(NC(=O)c2cccs2)c1. The highest BCUT2D eigenvalue weighted by Gasteiger charge is 2.11. The van der Waals surface area contributed by atoms with Crippen LogP contribution in [0, 0.1) is 0 Å². The summed E-state index contributed by atoms with van der Waals surface area (Å²) in [4.78, 5) is 25.6. The summed E-state index contributed by atoms with van der Waals surface area (Å²) in [6, 6.07) is 28.4. The number of ether oxygens (including phenoxy) is 1. The molecule has 5 nitrogen and oxygen atoms in total. The van der Waals surface area contributed by atoms with Gasteiger partial charge in [-0.2, -0.15) is 0 Å². The van der Waals surface area contributed by atoms with Crippen LogP contribution in [0.25, 0.3) is 0 Å². The van der Waals surface area contributed by atoms with Gasteiger partial charge >= 0.3 is 0 Å². The molecule has 0 radical (unpaired) electrons. The molecule has 0 unspecified atom stereocenters. The van der Waals surface area contributed by atoms with Gasteiger partial charge in [0, 0.05) is 17.8 Å². The highest BCUT2D eigenvalue weighted by molar-refractivity contribution is 7.12. The van der Waals surface area contributed by atoms with Crippen molar-refractivity contribution in [3.8, 4) is 0 Å². The molecule has 0 bridgehead atoms. The lowest BCUT2D eigenvalue weighted by Crippen LogP contribution is -2.23. The molecule has 0 saturated carbocycles. The first-order chi connectivity index (χ1) is 16.2. The number of thiophene rings is 1. The minimum absolute atomic E-state index is 0.188. The Morgan fingerprint density at radius 1 is 0.758 bits per heavy atom. The minimum atomic E-state index is -0.206. The summed E-state index contributed by atoms with van der Waals surface area (Å²) in [6.45, 7) is 1.38. The van der Waals surface area contributed by atoms with Gasteiger partial charge in [-0.15, -0.1) is 11.3 Å². The van der Waals surface area contributed by atoms with Gasteiger partial charge in [-0.05, 0) is 46.3 Å². The summed E-state index contributed by atoms with van der Waals surface area (Å²) in [5, 5.41) is 7.65. The van der Waals surface area contributed by atoms with Gasteiger partial charge in [-0.1, -0.05) is 66.7 Å². The Hall–Kier alpha value is -3.74. The molecule has 166 valence electrons. The molecule has 0 spiro atoms. The van der Waals surface area contributed by atoms with Crippen LogP contribution in [-0.4, -0.2) is 11.8 Å². The van der Waals surface area contributed by atoms with Crippen molar-refractivity contribution >= 4 is 28.8 Å². The number of amides is 2. The third-order valence-corrected chi connectivity index (χ3v) is 5.92. The largest absolute Gasteiger partial charge is 0.372 e. The van der Waals surface area contributed by atoms with Gasteiger partial charge in [-0.3, -0.25) is 9.59 Å². The maximum absolute atomic E-state index is 12.7. The average molecular weight is 457 g/mol. The van der Waals surface area contributed by atoms with Crippen LogP contribution in [-0.2, 0) is 24.5 Å². The Bertz CT molecular complexity index is 1210. The van der Waals surface area contributed by atoms with E-state index in [1.54, 1.807) is 30.3 Å². The zero-order valence-electron chi connectivity index (χ0n) is 18.0. The van der Waals surface area contributed by atoms with E-state index in [9.17, 15) is 9.59 Å². The van der Waals surface area contributed by atoms with E-state index >= 15 is 0 Å². The number of nitrogens with one attached hydrogen (secondary N) is 2. The van der Waals surface area contributed by atoms with Crippen LogP contribution >= 0.6 is 11.3 Å². The summed E-state index contributed by atoms with van der Waals surface area (Å²) in [6.07, 6.45) is 0. The molecule has 0 atom stereocenters. The van der Waals surface area contributed by atoms with Crippen molar-refractivity contribution in [2.75, 3.05) is 5.32 Å². The Morgan fingerprint density at radius 3 is 2.33 bits per heavy atom. The second-order valence-corrected chi connectivity index (χ2v) is 8.39. The second-order valence-electron chi connectivity index (χ2n) is 7.44. The molecule has 0 fully saturated rings. The first-order valence-corrected chi connectivity index (χ1v) is 11.5. The van der Waals surface area contributed by atoms with Gasteiger partial charge < -0.3 is 15.4 Å². The highest BCUT2D eigenvalue weighted by Crippen LogP contribution is 2.16. The van der Waals surface area contributed by atoms with Crippen molar-refractivity contribution in [1.29, 1.82) is 0 Å². The fourth-order valence-electron chi connectivity index (χ4n) is 3.34. The third kappa shape index (κ3) is 6.38. The number of carbonyl (C=O) groups is 2. The third-order valence-electron chi connectivity index (χ3n) is 5.05. The van der Waals surface area contributed by atoms with Gasteiger partial charge in [0.15, 0.2) is 0 Å². The van der Waals surface area contributed by atoms with Gasteiger partial charge in [0.1, 0.15) is 0 Å². The van der Waals surface area contributed by atoms with E-state index in [4.69, 9.17) is 4.74 Å². The van der Waals surface area contributed by atoms with Gasteiger partial charge in [-0.25, -0.2) is 0 Å². The van der Waals surface area contributed by atoms with Gasteiger partial charge in [0.05, 0.1) is 18.1 Å². The lowest BCUT2D eigenvalue weighted by atomic mass is 10.1. The van der Waals surface area contributed by atoms with Crippen LogP contribution in [0.2, 0.25) is 0 Å². The lowest BCUT2D eigenvalue weighted by Gasteiger charge is -2.12. The number of hydrogen-bond acceptors (Lipinski definition) is 4. The molecular formula is C27H24N2O3S. The number of rotatable bonds is 9. The minimum Gasteiger partial charge on any atom is -0.372 e. The van der Waals surface area contributed by atoms with Crippen LogP contribution < -0.4 is 10.6 Å². The zero-order chi connectivity index (χ0) is 22.9. The molecular weight excluding hydrogens is 432 g/mol. The van der Waals surface area contributed by atoms with Crippen LogP contribution in [0.4, 0.5) is 5.69 Å². The number of anilines is 1. The number of carbonyl (C=O) groups excluding carboxylic acids is 2. The Kier molecular flexibility index (Phi) is 7.64. The molecule has 0 saturated heterocycles. The predicted molar refractivity (Wildman–Crippen MR) is 131 cm³/mol. The molecule has 1 aromatic heterocycles. The van der Waals surface area contributed by atoms with Crippen molar-refractivity contribution in [2.45, 2.75) is 19.8 Å². The Labute approximate surface area is 197 Å². The molecule has 1 heterocycles. The fraction of sp³-hybridized carbons (Fsp3) is 0.111. The first kappa shape index (κ1) is 22.5. The van der Waals surface area contributed by atoms with Crippen molar-refractivity contribution in [3.05, 3.63) is 124 Å². The van der Waals surface area contributed by atoms with Crippen molar-refractivity contribution in [2.24, 2.45) is 0 Å². The molecule has 2 amide bonds. The molecule has 2 N–H and O–H groups in total. The number of hydrogen-bond donors (Lipinski definition) is 2. The summed E-state index contributed by atoms with van der Waals surface area (Å²) < 4.78 is 5.87. The van der Waals surface area contributed by atoms with Crippen LogP contribution in [0.5, 0.6) is 0 Å². The van der Waals surface area contributed by atoms with Crippen LogP contribution in [0.15, 0.2) is 96.4 Å². The molecule has 0 aliphatic rings. The van der Waals surface area contributed by atoms with E-state index in [1.165, 1.54) is 11.3 Å². The topological polar surface area (TPSA) is 67.4 Å². The van der Waals surface area contributed by atoms with Gasteiger partial charge in [0.2, 0.25) is 0 Å². The summed E-state index contributed by atoms with van der Waals surface area (Å²) in [5.74, 6) is -0.394. The number of benzene rings is 3. The second kappa shape index (κ2) is 11.2. The van der Waals surface area contributed by atoms with E-state index in [0.29, 0.717) is 35.9 Å². The first-order valence-electron chi connectivity index (χ1n) is 10.6. The van der Waals surface area contributed by atoms with Crippen molar-refractivity contribution in [3.63, 3.8) is 0 Å². The Morgan fingerprint density at radius 2 is 1.55 bits per heavy atom. The smallest absolute Gasteiger partial charge is 0.265 e. The zero-order valence-corrected chi connectivity index (χ0v) is 18.8. The van der Waals surface area contributed by atoms with Crippen LogP contribution in [0.1, 0.15) is 36.7 Å². The van der Waals surface area contributed by atoms with E-state index in [1.807, 2.05) is 66.0 Å². The van der Waals surface area contributed by atoms with Gasteiger partial charge in [0.25, 0.3) is 11.8 Å². The van der Waals surface area contributed by atoms with E-state index < -0.39 is 0 Å². The summed E-state index contributed by atoms with van der Waals surface area (Å²) in [7, 11) is 0. The van der Waals surface area contributed by atoms with E-state index in [2.05, 4.69) is 10.6 Å².